The summed E-state index contributed by atoms with van der Waals surface area (Å²) in [6, 6.07) is 14.5. The smallest absolute Gasteiger partial charge is 0.124 e. The second-order valence-electron chi connectivity index (χ2n) is 6.92. The van der Waals surface area contributed by atoms with Crippen molar-refractivity contribution < 1.29 is 14.3 Å². The molecule has 0 radical (unpaired) electrons. The molecule has 0 atom stereocenters. The van der Waals surface area contributed by atoms with Crippen LogP contribution in [0.15, 0.2) is 48.7 Å². The van der Waals surface area contributed by atoms with Crippen LogP contribution in [0, 0.1) is 0 Å². The molecule has 0 amide bonds. The number of ether oxygens (including phenoxy) is 2. The van der Waals surface area contributed by atoms with Gasteiger partial charge in [-0.05, 0) is 50.7 Å². The molecule has 0 aliphatic rings. The molecule has 1 aromatic heterocycles. The normalized spacial score (nSPS) is 10.7. The highest BCUT2D eigenvalue weighted by atomic mass is 16.5. The Balaban J connectivity index is 0.000000200. The molecule has 150 valence electrons. The number of aromatic amines is 1. The number of carbonyl (C=O) groups is 1. The molecule has 3 aromatic rings. The lowest BCUT2D eigenvalue weighted by Gasteiger charge is -2.21. The topological polar surface area (TPSA) is 54.6 Å². The van der Waals surface area contributed by atoms with Crippen molar-refractivity contribution in [3.05, 3.63) is 59.8 Å². The predicted octanol–water partition coefficient (Wildman–Crippen LogP) is 4.45. The number of fused-ring (bicyclic) bond motifs is 1. The Morgan fingerprint density at radius 3 is 2.46 bits per heavy atom. The summed E-state index contributed by atoms with van der Waals surface area (Å²) in [5, 5.41) is 1.05. The second kappa shape index (κ2) is 10.5. The first-order chi connectivity index (χ1) is 13.5. The molecule has 0 fully saturated rings. The molecule has 0 unspecified atom stereocenters. The molecule has 1 heterocycles. The number of aromatic nitrogens is 1. The minimum absolute atomic E-state index is 0.438. The summed E-state index contributed by atoms with van der Waals surface area (Å²) < 4.78 is 10.4. The van der Waals surface area contributed by atoms with E-state index in [1.807, 2.05) is 42.6 Å². The van der Waals surface area contributed by atoms with Crippen LogP contribution in [0.3, 0.4) is 0 Å². The zero-order chi connectivity index (χ0) is 20.5. The number of H-pyrrole nitrogens is 1. The van der Waals surface area contributed by atoms with E-state index in [9.17, 15) is 4.79 Å². The number of methoxy groups -OCH3 is 2. The van der Waals surface area contributed by atoms with Crippen molar-refractivity contribution in [2.24, 2.45) is 0 Å². The summed E-state index contributed by atoms with van der Waals surface area (Å²) in [6.07, 6.45) is 3.20. The number of hydrogen-bond donors (Lipinski definition) is 1. The van der Waals surface area contributed by atoms with E-state index < -0.39 is 0 Å². The van der Waals surface area contributed by atoms with Gasteiger partial charge in [0, 0.05) is 41.7 Å². The standard InChI is InChI=1S/C12H19NO.C11H11NO2/c1-10(2)13(3)9-11-7-5-6-8-12(11)14-4;1-14-9-2-3-11-10(6-9)8(4-5-13)7-12-11/h5-8,10H,9H2,1-4H3;2-3,5-7,12H,4H2,1H3. The Morgan fingerprint density at radius 2 is 1.82 bits per heavy atom. The average molecular weight is 383 g/mol. The van der Waals surface area contributed by atoms with Crippen molar-refractivity contribution in [2.45, 2.75) is 32.9 Å². The van der Waals surface area contributed by atoms with E-state index in [4.69, 9.17) is 9.47 Å². The number of hydrogen-bond acceptors (Lipinski definition) is 4. The summed E-state index contributed by atoms with van der Waals surface area (Å²) in [7, 11) is 5.47. The van der Waals surface area contributed by atoms with E-state index in [1.165, 1.54) is 5.56 Å². The number of nitrogens with one attached hydrogen (secondary N) is 1. The zero-order valence-corrected chi connectivity index (χ0v) is 17.4. The fourth-order valence-electron chi connectivity index (χ4n) is 2.83. The first-order valence-electron chi connectivity index (χ1n) is 9.39. The number of aldehydes is 1. The maximum atomic E-state index is 10.4. The summed E-state index contributed by atoms with van der Waals surface area (Å²) in [6.45, 7) is 5.31. The second-order valence-corrected chi connectivity index (χ2v) is 6.92. The minimum Gasteiger partial charge on any atom is -0.497 e. The van der Waals surface area contributed by atoms with Crippen molar-refractivity contribution in [2.75, 3.05) is 21.3 Å². The first-order valence-corrected chi connectivity index (χ1v) is 9.39. The Kier molecular flexibility index (Phi) is 8.08. The molecule has 0 aliphatic carbocycles. The summed E-state index contributed by atoms with van der Waals surface area (Å²) >= 11 is 0. The summed E-state index contributed by atoms with van der Waals surface area (Å²) in [4.78, 5) is 15.8. The van der Waals surface area contributed by atoms with Crippen LogP contribution in [0.4, 0.5) is 0 Å². The maximum Gasteiger partial charge on any atom is 0.124 e. The summed E-state index contributed by atoms with van der Waals surface area (Å²) in [5.74, 6) is 1.78. The molecule has 0 spiro atoms. The van der Waals surface area contributed by atoms with Crippen molar-refractivity contribution in [1.82, 2.24) is 9.88 Å². The van der Waals surface area contributed by atoms with E-state index in [2.05, 4.69) is 36.8 Å². The Hall–Kier alpha value is -2.79. The van der Waals surface area contributed by atoms with Gasteiger partial charge in [-0.25, -0.2) is 0 Å². The van der Waals surface area contributed by atoms with Crippen LogP contribution in [-0.2, 0) is 17.8 Å². The average Bonchev–Trinajstić information content (AvgIpc) is 3.11. The van der Waals surface area contributed by atoms with Crippen molar-refractivity contribution >= 4 is 17.2 Å². The molecular formula is C23H30N2O3. The summed E-state index contributed by atoms with van der Waals surface area (Å²) in [5.41, 5.74) is 3.28. The monoisotopic (exact) mass is 382 g/mol. The van der Waals surface area contributed by atoms with Crippen LogP contribution >= 0.6 is 0 Å². The van der Waals surface area contributed by atoms with Gasteiger partial charge in [-0.3, -0.25) is 4.90 Å². The van der Waals surface area contributed by atoms with Crippen LogP contribution in [0.5, 0.6) is 11.5 Å². The fraction of sp³-hybridized carbons (Fsp3) is 0.348. The molecule has 0 aliphatic heterocycles. The lowest BCUT2D eigenvalue weighted by atomic mass is 10.1. The molecule has 28 heavy (non-hydrogen) atoms. The Morgan fingerprint density at radius 1 is 1.07 bits per heavy atom. The highest BCUT2D eigenvalue weighted by Gasteiger charge is 2.07. The van der Waals surface area contributed by atoms with Crippen LogP contribution < -0.4 is 9.47 Å². The molecule has 5 heteroatoms. The van der Waals surface area contributed by atoms with E-state index in [1.54, 1.807) is 14.2 Å². The van der Waals surface area contributed by atoms with Crippen LogP contribution in [0.1, 0.15) is 25.0 Å². The van der Waals surface area contributed by atoms with Gasteiger partial charge in [0.1, 0.15) is 17.8 Å². The largest absolute Gasteiger partial charge is 0.497 e. The minimum atomic E-state index is 0.438. The molecule has 5 nitrogen and oxygen atoms in total. The van der Waals surface area contributed by atoms with E-state index in [0.717, 1.165) is 40.8 Å². The molecule has 0 bridgehead atoms. The molecule has 0 saturated heterocycles. The van der Waals surface area contributed by atoms with Gasteiger partial charge in [-0.15, -0.1) is 0 Å². The van der Waals surface area contributed by atoms with Gasteiger partial charge in [-0.1, -0.05) is 18.2 Å². The zero-order valence-electron chi connectivity index (χ0n) is 17.4. The third-order valence-corrected chi connectivity index (χ3v) is 4.77. The van der Waals surface area contributed by atoms with Gasteiger partial charge in [0.25, 0.3) is 0 Å². The van der Waals surface area contributed by atoms with Crippen LogP contribution in [0.25, 0.3) is 10.9 Å². The quantitative estimate of drug-likeness (QED) is 0.613. The third-order valence-electron chi connectivity index (χ3n) is 4.77. The van der Waals surface area contributed by atoms with Crippen molar-refractivity contribution in [3.8, 4) is 11.5 Å². The van der Waals surface area contributed by atoms with Crippen LogP contribution in [0.2, 0.25) is 0 Å². The Labute approximate surface area is 167 Å². The fourth-order valence-corrected chi connectivity index (χ4v) is 2.83. The van der Waals surface area contributed by atoms with E-state index in [0.29, 0.717) is 12.5 Å². The Bertz CT molecular complexity index is 886. The molecule has 3 rings (SSSR count). The number of rotatable bonds is 7. The number of para-hydroxylation sites is 1. The molecule has 0 saturated carbocycles. The van der Waals surface area contributed by atoms with Gasteiger partial charge in [-0.2, -0.15) is 0 Å². The van der Waals surface area contributed by atoms with Gasteiger partial charge in [0.05, 0.1) is 14.2 Å². The lowest BCUT2D eigenvalue weighted by Crippen LogP contribution is -2.25. The van der Waals surface area contributed by atoms with E-state index in [-0.39, 0.29) is 0 Å². The predicted molar refractivity (Wildman–Crippen MR) is 114 cm³/mol. The lowest BCUT2D eigenvalue weighted by molar-refractivity contribution is -0.107. The number of nitrogens with zero attached hydrogens (tertiary/aromatic N) is 1. The van der Waals surface area contributed by atoms with Gasteiger partial charge >= 0.3 is 0 Å². The van der Waals surface area contributed by atoms with E-state index >= 15 is 0 Å². The van der Waals surface area contributed by atoms with Gasteiger partial charge in [0.2, 0.25) is 0 Å². The molecular weight excluding hydrogens is 352 g/mol. The first kappa shape index (κ1) is 21.5. The third kappa shape index (κ3) is 5.60. The maximum absolute atomic E-state index is 10.4. The SMILES string of the molecule is COc1ccc2[nH]cc(CC=O)c2c1.COc1ccccc1CN(C)C(C)C. The molecule has 2 aromatic carbocycles. The highest BCUT2D eigenvalue weighted by molar-refractivity contribution is 5.86. The van der Waals surface area contributed by atoms with Gasteiger partial charge in [0.15, 0.2) is 0 Å². The number of carbonyl (C=O) groups excluding carboxylic acids is 1. The highest BCUT2D eigenvalue weighted by Crippen LogP contribution is 2.23. The van der Waals surface area contributed by atoms with Gasteiger partial charge < -0.3 is 19.3 Å². The van der Waals surface area contributed by atoms with Crippen molar-refractivity contribution in [3.63, 3.8) is 0 Å². The van der Waals surface area contributed by atoms with Crippen LogP contribution in [-0.4, -0.2) is 43.5 Å². The number of benzene rings is 2. The molecule has 1 N–H and O–H groups in total. The van der Waals surface area contributed by atoms with Crippen molar-refractivity contribution in [1.29, 1.82) is 0 Å².